The fourth-order valence-corrected chi connectivity index (χ4v) is 2.15. The molecule has 2 N–H and O–H groups in total. The van der Waals surface area contributed by atoms with Crippen LogP contribution >= 0.6 is 0 Å². The molecule has 0 bridgehead atoms. The highest BCUT2D eigenvalue weighted by Crippen LogP contribution is 2.22. The van der Waals surface area contributed by atoms with E-state index < -0.39 is 5.82 Å². The van der Waals surface area contributed by atoms with Crippen molar-refractivity contribution >= 4 is 17.3 Å². The molecule has 0 atom stereocenters. The van der Waals surface area contributed by atoms with E-state index in [2.05, 4.69) is 0 Å². The summed E-state index contributed by atoms with van der Waals surface area (Å²) < 4.78 is 13.8. The predicted octanol–water partition coefficient (Wildman–Crippen LogP) is 3.69. The zero-order chi connectivity index (χ0) is 15.6. The van der Waals surface area contributed by atoms with Crippen molar-refractivity contribution in [2.24, 2.45) is 0 Å². The molecule has 2 aromatic rings. The number of rotatable bonds is 3. The van der Waals surface area contributed by atoms with Crippen LogP contribution in [0.15, 0.2) is 36.4 Å². The lowest BCUT2D eigenvalue weighted by molar-refractivity contribution is 0.0988. The van der Waals surface area contributed by atoms with Crippen molar-refractivity contribution in [3.8, 4) is 0 Å². The molecule has 3 nitrogen and oxygen atoms in total. The largest absolute Gasteiger partial charge is 0.398 e. The van der Waals surface area contributed by atoms with Gasteiger partial charge in [-0.25, -0.2) is 4.39 Å². The molecule has 0 heterocycles. The summed E-state index contributed by atoms with van der Waals surface area (Å²) in [5, 5.41) is 0. The summed E-state index contributed by atoms with van der Waals surface area (Å²) in [6.07, 6.45) is 0. The third-order valence-electron chi connectivity index (χ3n) is 3.54. The van der Waals surface area contributed by atoms with E-state index in [9.17, 15) is 9.18 Å². The minimum atomic E-state index is -0.460. The topological polar surface area (TPSA) is 46.3 Å². The number of hydrogen-bond acceptors (Lipinski definition) is 2. The standard InChI is InChI=1S/C17H19FN2O/c1-4-20(14-7-5-11(2)6-8-14)17(21)13-9-15(18)12(3)16(19)10-13/h5-10H,4,19H2,1-3H3. The molecule has 0 spiro atoms. The van der Waals surface area contributed by atoms with Gasteiger partial charge in [0.15, 0.2) is 0 Å². The maximum Gasteiger partial charge on any atom is 0.258 e. The van der Waals surface area contributed by atoms with Crippen LogP contribution in [0.2, 0.25) is 0 Å². The molecule has 0 unspecified atom stereocenters. The molecule has 110 valence electrons. The number of nitrogen functional groups attached to an aromatic ring is 1. The summed E-state index contributed by atoms with van der Waals surface area (Å²) in [5.41, 5.74) is 8.57. The molecular weight excluding hydrogens is 267 g/mol. The highest BCUT2D eigenvalue weighted by atomic mass is 19.1. The lowest BCUT2D eigenvalue weighted by atomic mass is 10.1. The third-order valence-corrected chi connectivity index (χ3v) is 3.54. The van der Waals surface area contributed by atoms with Gasteiger partial charge in [0.1, 0.15) is 5.82 Å². The van der Waals surface area contributed by atoms with Gasteiger partial charge in [0.2, 0.25) is 0 Å². The predicted molar refractivity (Wildman–Crippen MR) is 84.1 cm³/mol. The number of benzene rings is 2. The second-order valence-electron chi connectivity index (χ2n) is 5.06. The molecule has 2 aromatic carbocycles. The lowest BCUT2D eigenvalue weighted by Crippen LogP contribution is -2.30. The fourth-order valence-electron chi connectivity index (χ4n) is 2.15. The monoisotopic (exact) mass is 286 g/mol. The van der Waals surface area contributed by atoms with E-state index in [0.717, 1.165) is 11.3 Å². The SMILES string of the molecule is CCN(C(=O)c1cc(N)c(C)c(F)c1)c1ccc(C)cc1. The smallest absolute Gasteiger partial charge is 0.258 e. The van der Waals surface area contributed by atoms with Gasteiger partial charge in [-0.1, -0.05) is 17.7 Å². The lowest BCUT2D eigenvalue weighted by Gasteiger charge is -2.21. The van der Waals surface area contributed by atoms with E-state index in [4.69, 9.17) is 5.73 Å². The Balaban J connectivity index is 2.39. The molecule has 21 heavy (non-hydrogen) atoms. The van der Waals surface area contributed by atoms with Crippen LogP contribution in [0.1, 0.15) is 28.4 Å². The molecule has 2 rings (SSSR count). The Morgan fingerprint density at radius 3 is 2.33 bits per heavy atom. The van der Waals surface area contributed by atoms with Crippen LogP contribution < -0.4 is 10.6 Å². The normalized spacial score (nSPS) is 10.5. The number of hydrogen-bond donors (Lipinski definition) is 1. The van der Waals surface area contributed by atoms with Crippen LogP contribution in [0, 0.1) is 19.7 Å². The van der Waals surface area contributed by atoms with Crippen LogP contribution in [0.25, 0.3) is 0 Å². The van der Waals surface area contributed by atoms with Gasteiger partial charge in [-0.3, -0.25) is 4.79 Å². The van der Waals surface area contributed by atoms with E-state index >= 15 is 0 Å². The Morgan fingerprint density at radius 1 is 1.19 bits per heavy atom. The molecule has 4 heteroatoms. The van der Waals surface area contributed by atoms with Crippen LogP contribution in [0.3, 0.4) is 0 Å². The zero-order valence-corrected chi connectivity index (χ0v) is 12.5. The first kappa shape index (κ1) is 15.0. The van der Waals surface area contributed by atoms with Crippen molar-refractivity contribution in [2.75, 3.05) is 17.2 Å². The van der Waals surface area contributed by atoms with E-state index in [1.54, 1.807) is 11.8 Å². The maximum atomic E-state index is 13.8. The Labute approximate surface area is 124 Å². The van der Waals surface area contributed by atoms with Gasteiger partial charge < -0.3 is 10.6 Å². The van der Waals surface area contributed by atoms with E-state index in [-0.39, 0.29) is 11.5 Å². The number of anilines is 2. The second-order valence-corrected chi connectivity index (χ2v) is 5.06. The molecule has 0 fully saturated rings. The van der Waals surface area contributed by atoms with Gasteiger partial charge >= 0.3 is 0 Å². The van der Waals surface area contributed by atoms with Crippen LogP contribution in [-0.4, -0.2) is 12.5 Å². The van der Waals surface area contributed by atoms with Gasteiger partial charge in [-0.15, -0.1) is 0 Å². The molecule has 0 aliphatic rings. The molecule has 0 saturated heterocycles. The molecular formula is C17H19FN2O. The third kappa shape index (κ3) is 3.05. The molecule has 0 aliphatic carbocycles. The number of carbonyl (C=O) groups is 1. The summed E-state index contributed by atoms with van der Waals surface area (Å²) in [4.78, 5) is 14.2. The average molecular weight is 286 g/mol. The highest BCUT2D eigenvalue weighted by molar-refractivity contribution is 6.06. The minimum Gasteiger partial charge on any atom is -0.398 e. The van der Waals surface area contributed by atoms with Gasteiger partial charge in [-0.2, -0.15) is 0 Å². The molecule has 0 radical (unpaired) electrons. The number of amides is 1. The first-order valence-corrected chi connectivity index (χ1v) is 6.88. The Bertz CT molecular complexity index is 642. The number of nitrogens with two attached hydrogens (primary N) is 1. The van der Waals surface area contributed by atoms with Crippen molar-refractivity contribution < 1.29 is 9.18 Å². The van der Waals surface area contributed by atoms with Crippen molar-refractivity contribution in [3.05, 3.63) is 58.9 Å². The Kier molecular flexibility index (Phi) is 4.26. The van der Waals surface area contributed by atoms with Crippen LogP contribution in [0.5, 0.6) is 0 Å². The molecule has 0 saturated carbocycles. The van der Waals surface area contributed by atoms with E-state index in [1.165, 1.54) is 12.1 Å². The summed E-state index contributed by atoms with van der Waals surface area (Å²) >= 11 is 0. The molecule has 0 aromatic heterocycles. The number of carbonyl (C=O) groups excluding carboxylic acids is 1. The quantitative estimate of drug-likeness (QED) is 0.875. The average Bonchev–Trinajstić information content (AvgIpc) is 2.46. The number of aryl methyl sites for hydroxylation is 1. The van der Waals surface area contributed by atoms with E-state index in [0.29, 0.717) is 17.8 Å². The van der Waals surface area contributed by atoms with Gasteiger partial charge in [0.05, 0.1) is 0 Å². The highest BCUT2D eigenvalue weighted by Gasteiger charge is 2.18. The Morgan fingerprint density at radius 2 is 1.81 bits per heavy atom. The molecule has 0 aliphatic heterocycles. The first-order valence-electron chi connectivity index (χ1n) is 6.88. The second kappa shape index (κ2) is 5.95. The van der Waals surface area contributed by atoms with E-state index in [1.807, 2.05) is 38.1 Å². The van der Waals surface area contributed by atoms with Gasteiger partial charge in [-0.05, 0) is 45.0 Å². The number of nitrogens with zero attached hydrogens (tertiary/aromatic N) is 1. The van der Waals surface area contributed by atoms with Crippen molar-refractivity contribution in [2.45, 2.75) is 20.8 Å². The summed E-state index contributed by atoms with van der Waals surface area (Å²) in [6.45, 7) is 5.96. The fraction of sp³-hybridized carbons (Fsp3) is 0.235. The summed E-state index contributed by atoms with van der Waals surface area (Å²) in [5.74, 6) is -0.717. The zero-order valence-electron chi connectivity index (χ0n) is 12.5. The first-order chi connectivity index (χ1) is 9.93. The Hall–Kier alpha value is -2.36. The summed E-state index contributed by atoms with van der Waals surface area (Å²) in [6, 6.07) is 10.4. The van der Waals surface area contributed by atoms with Crippen LogP contribution in [0.4, 0.5) is 15.8 Å². The van der Waals surface area contributed by atoms with Crippen molar-refractivity contribution in [3.63, 3.8) is 0 Å². The van der Waals surface area contributed by atoms with Crippen molar-refractivity contribution in [1.29, 1.82) is 0 Å². The minimum absolute atomic E-state index is 0.257. The van der Waals surface area contributed by atoms with Gasteiger partial charge in [0.25, 0.3) is 5.91 Å². The maximum absolute atomic E-state index is 13.8. The van der Waals surface area contributed by atoms with Crippen molar-refractivity contribution in [1.82, 2.24) is 0 Å². The van der Waals surface area contributed by atoms with Gasteiger partial charge in [0, 0.05) is 29.0 Å². The molecule has 1 amide bonds. The van der Waals surface area contributed by atoms with Crippen LogP contribution in [-0.2, 0) is 0 Å². The number of halogens is 1. The summed E-state index contributed by atoms with van der Waals surface area (Å²) in [7, 11) is 0.